The number of carbonyl (C=O) groups is 1. The normalized spacial score (nSPS) is 21.7. The van der Waals surface area contributed by atoms with E-state index in [1.165, 1.54) is 0 Å². The second-order valence-electron chi connectivity index (χ2n) is 6.59. The fourth-order valence-corrected chi connectivity index (χ4v) is 3.10. The number of hydrogen-bond donors (Lipinski definition) is 1. The molecule has 2 N–H and O–H groups in total. The Labute approximate surface area is 133 Å². The number of amides is 1. The molecule has 6 heteroatoms. The molecular weight excluding hydrogens is 278 g/mol. The fourth-order valence-electron chi connectivity index (χ4n) is 3.10. The summed E-state index contributed by atoms with van der Waals surface area (Å²) in [4.78, 5) is 18.8. The molecule has 1 saturated heterocycles. The van der Waals surface area contributed by atoms with Gasteiger partial charge in [0.15, 0.2) is 0 Å². The number of carbonyl (C=O) groups excluding carboxylic acids is 1. The minimum atomic E-state index is -0.376. The van der Waals surface area contributed by atoms with Crippen LogP contribution in [0.3, 0.4) is 0 Å². The number of piperidine rings is 1. The van der Waals surface area contributed by atoms with Gasteiger partial charge in [0.2, 0.25) is 5.91 Å². The van der Waals surface area contributed by atoms with Crippen molar-refractivity contribution < 1.29 is 4.79 Å². The van der Waals surface area contributed by atoms with Crippen LogP contribution in [-0.2, 0) is 11.3 Å². The van der Waals surface area contributed by atoms with Gasteiger partial charge in [-0.15, -0.1) is 0 Å². The van der Waals surface area contributed by atoms with E-state index >= 15 is 0 Å². The molecule has 1 aliphatic rings. The van der Waals surface area contributed by atoms with E-state index in [2.05, 4.69) is 17.0 Å². The summed E-state index contributed by atoms with van der Waals surface area (Å²) < 4.78 is 1.96. The molecule has 6 nitrogen and oxygen atoms in total. The van der Waals surface area contributed by atoms with Gasteiger partial charge in [0.05, 0.1) is 6.04 Å². The second kappa shape index (κ2) is 7.22. The Morgan fingerprint density at radius 1 is 1.45 bits per heavy atom. The minimum Gasteiger partial charge on any atom is -0.341 e. The highest BCUT2D eigenvalue weighted by atomic mass is 16.2. The van der Waals surface area contributed by atoms with Crippen LogP contribution in [0.5, 0.6) is 0 Å². The maximum absolute atomic E-state index is 12.5. The molecule has 2 heterocycles. The van der Waals surface area contributed by atoms with Gasteiger partial charge in [-0.25, -0.2) is 9.67 Å². The topological polar surface area (TPSA) is 77.0 Å². The first kappa shape index (κ1) is 16.9. The van der Waals surface area contributed by atoms with Crippen molar-refractivity contribution in [1.29, 1.82) is 0 Å². The number of nitrogens with zero attached hydrogens (tertiary/aromatic N) is 4. The lowest BCUT2D eigenvalue weighted by Gasteiger charge is -2.35. The Morgan fingerprint density at radius 3 is 2.77 bits per heavy atom. The molecule has 22 heavy (non-hydrogen) atoms. The average Bonchev–Trinajstić information content (AvgIpc) is 2.82. The minimum absolute atomic E-state index is 0.102. The molecule has 124 valence electrons. The smallest absolute Gasteiger partial charge is 0.239 e. The van der Waals surface area contributed by atoms with E-state index < -0.39 is 0 Å². The number of hydrogen-bond acceptors (Lipinski definition) is 4. The van der Waals surface area contributed by atoms with Gasteiger partial charge in [0.1, 0.15) is 11.6 Å². The number of rotatable bonds is 5. The van der Waals surface area contributed by atoms with Gasteiger partial charge in [-0.05, 0) is 38.5 Å². The Balaban J connectivity index is 1.97. The summed E-state index contributed by atoms with van der Waals surface area (Å²) in [5.74, 6) is 2.51. The molecule has 3 atom stereocenters. The SMILES string of the molecule is CCC(C)C(N)C(=O)N1CCCC(Cn2nc(C)nc2C)C1. The van der Waals surface area contributed by atoms with Crippen LogP contribution < -0.4 is 5.73 Å². The third-order valence-corrected chi connectivity index (χ3v) is 4.77. The van der Waals surface area contributed by atoms with Crippen molar-refractivity contribution in [2.75, 3.05) is 13.1 Å². The summed E-state index contributed by atoms with van der Waals surface area (Å²) in [6.07, 6.45) is 3.10. The van der Waals surface area contributed by atoms with Crippen LogP contribution in [0, 0.1) is 25.7 Å². The molecular formula is C16H29N5O. The molecule has 3 unspecified atom stereocenters. The van der Waals surface area contributed by atoms with E-state index in [9.17, 15) is 4.79 Å². The number of likely N-dealkylation sites (tertiary alicyclic amines) is 1. The number of aryl methyl sites for hydroxylation is 2. The van der Waals surface area contributed by atoms with Crippen molar-refractivity contribution in [1.82, 2.24) is 19.7 Å². The summed E-state index contributed by atoms with van der Waals surface area (Å²) in [6, 6.07) is -0.376. The van der Waals surface area contributed by atoms with Gasteiger partial charge in [-0.3, -0.25) is 4.79 Å². The number of nitrogens with two attached hydrogens (primary N) is 1. The average molecular weight is 307 g/mol. The van der Waals surface area contributed by atoms with Crippen LogP contribution in [-0.4, -0.2) is 44.7 Å². The Morgan fingerprint density at radius 2 is 2.18 bits per heavy atom. The highest BCUT2D eigenvalue weighted by molar-refractivity contribution is 5.82. The van der Waals surface area contributed by atoms with Gasteiger partial charge in [-0.2, -0.15) is 5.10 Å². The van der Waals surface area contributed by atoms with E-state index in [0.717, 1.165) is 50.5 Å². The Hall–Kier alpha value is -1.43. The van der Waals surface area contributed by atoms with E-state index in [0.29, 0.717) is 5.92 Å². The van der Waals surface area contributed by atoms with Crippen LogP contribution in [0.4, 0.5) is 0 Å². The van der Waals surface area contributed by atoms with E-state index in [4.69, 9.17) is 5.73 Å². The molecule has 0 bridgehead atoms. The lowest BCUT2D eigenvalue weighted by Crippen LogP contribution is -2.50. The van der Waals surface area contributed by atoms with Crippen molar-refractivity contribution >= 4 is 5.91 Å². The third kappa shape index (κ3) is 3.85. The lowest BCUT2D eigenvalue weighted by molar-refractivity contribution is -0.135. The lowest BCUT2D eigenvalue weighted by atomic mass is 9.94. The zero-order chi connectivity index (χ0) is 16.3. The van der Waals surface area contributed by atoms with E-state index in [-0.39, 0.29) is 17.9 Å². The van der Waals surface area contributed by atoms with Gasteiger partial charge in [-0.1, -0.05) is 20.3 Å². The van der Waals surface area contributed by atoms with Gasteiger partial charge < -0.3 is 10.6 Å². The van der Waals surface area contributed by atoms with Crippen LogP contribution in [0.25, 0.3) is 0 Å². The molecule has 1 amide bonds. The van der Waals surface area contributed by atoms with Crippen molar-refractivity contribution in [2.24, 2.45) is 17.6 Å². The highest BCUT2D eigenvalue weighted by Crippen LogP contribution is 2.20. The summed E-state index contributed by atoms with van der Waals surface area (Å²) in [5, 5.41) is 4.43. The first-order valence-electron chi connectivity index (χ1n) is 8.34. The Bertz CT molecular complexity index is 513. The van der Waals surface area contributed by atoms with Crippen molar-refractivity contribution in [3.63, 3.8) is 0 Å². The second-order valence-corrected chi connectivity index (χ2v) is 6.59. The zero-order valence-corrected chi connectivity index (χ0v) is 14.2. The molecule has 1 aromatic heterocycles. The monoisotopic (exact) mass is 307 g/mol. The molecule has 2 rings (SSSR count). The number of aromatic nitrogens is 3. The van der Waals surface area contributed by atoms with Crippen LogP contribution in [0.2, 0.25) is 0 Å². The summed E-state index contributed by atoms with van der Waals surface area (Å²) >= 11 is 0. The van der Waals surface area contributed by atoms with Crippen LogP contribution >= 0.6 is 0 Å². The van der Waals surface area contributed by atoms with Gasteiger partial charge in [0, 0.05) is 19.6 Å². The molecule has 0 aromatic carbocycles. The first-order chi connectivity index (χ1) is 10.4. The van der Waals surface area contributed by atoms with E-state index in [1.54, 1.807) is 0 Å². The third-order valence-electron chi connectivity index (χ3n) is 4.77. The highest BCUT2D eigenvalue weighted by Gasteiger charge is 2.29. The predicted molar refractivity (Wildman–Crippen MR) is 86.2 cm³/mol. The Kier molecular flexibility index (Phi) is 5.56. The molecule has 1 aliphatic heterocycles. The molecule has 1 fully saturated rings. The quantitative estimate of drug-likeness (QED) is 0.894. The fraction of sp³-hybridized carbons (Fsp3) is 0.812. The van der Waals surface area contributed by atoms with Crippen molar-refractivity contribution in [2.45, 2.75) is 59.5 Å². The largest absolute Gasteiger partial charge is 0.341 e. The van der Waals surface area contributed by atoms with Crippen molar-refractivity contribution in [3.05, 3.63) is 11.6 Å². The zero-order valence-electron chi connectivity index (χ0n) is 14.2. The standard InChI is InChI=1S/C16H29N5O/c1-5-11(2)15(17)16(22)20-8-6-7-14(9-20)10-21-13(4)18-12(3)19-21/h11,14-15H,5-10,17H2,1-4H3. The van der Waals surface area contributed by atoms with Gasteiger partial charge in [0.25, 0.3) is 0 Å². The van der Waals surface area contributed by atoms with Gasteiger partial charge >= 0.3 is 0 Å². The molecule has 1 aromatic rings. The summed E-state index contributed by atoms with van der Waals surface area (Å²) in [7, 11) is 0. The van der Waals surface area contributed by atoms with Crippen LogP contribution in [0.15, 0.2) is 0 Å². The first-order valence-corrected chi connectivity index (χ1v) is 8.34. The predicted octanol–water partition coefficient (Wildman–Crippen LogP) is 1.51. The molecule has 0 spiro atoms. The maximum atomic E-state index is 12.5. The van der Waals surface area contributed by atoms with E-state index in [1.807, 2.05) is 30.4 Å². The molecule has 0 aliphatic carbocycles. The van der Waals surface area contributed by atoms with Crippen LogP contribution in [0.1, 0.15) is 44.8 Å². The molecule has 0 saturated carbocycles. The maximum Gasteiger partial charge on any atom is 0.239 e. The van der Waals surface area contributed by atoms with Crippen molar-refractivity contribution in [3.8, 4) is 0 Å². The molecule has 0 radical (unpaired) electrons. The summed E-state index contributed by atoms with van der Waals surface area (Å²) in [5.41, 5.74) is 6.11. The summed E-state index contributed by atoms with van der Waals surface area (Å²) in [6.45, 7) is 10.4.